The SMILES string of the molecule is CN(C)C(=O)COc1cccc(C(=O)Nc2ccc(I)cc2Cl)c1. The first-order chi connectivity index (χ1) is 11.4. The van der Waals surface area contributed by atoms with Crippen molar-refractivity contribution < 1.29 is 14.3 Å². The molecule has 2 aromatic rings. The molecule has 0 saturated heterocycles. The maximum atomic E-state index is 12.3. The second-order valence-electron chi connectivity index (χ2n) is 5.18. The van der Waals surface area contributed by atoms with Crippen LogP contribution in [0.2, 0.25) is 5.02 Å². The number of carbonyl (C=O) groups is 2. The Balaban J connectivity index is 2.07. The highest BCUT2D eigenvalue weighted by Crippen LogP contribution is 2.24. The number of nitrogens with one attached hydrogen (secondary N) is 1. The first-order valence-electron chi connectivity index (χ1n) is 7.06. The van der Waals surface area contributed by atoms with Gasteiger partial charge < -0.3 is 15.0 Å². The van der Waals surface area contributed by atoms with Crippen LogP contribution in [0.1, 0.15) is 10.4 Å². The highest BCUT2D eigenvalue weighted by Gasteiger charge is 2.11. The van der Waals surface area contributed by atoms with Crippen LogP contribution >= 0.6 is 34.2 Å². The van der Waals surface area contributed by atoms with E-state index in [4.69, 9.17) is 16.3 Å². The molecule has 0 aromatic heterocycles. The van der Waals surface area contributed by atoms with Gasteiger partial charge in [-0.2, -0.15) is 0 Å². The molecule has 0 aliphatic carbocycles. The van der Waals surface area contributed by atoms with Crippen molar-refractivity contribution in [2.24, 2.45) is 0 Å². The van der Waals surface area contributed by atoms with Crippen molar-refractivity contribution in [2.75, 3.05) is 26.0 Å². The number of hydrogen-bond donors (Lipinski definition) is 1. The van der Waals surface area contributed by atoms with Crippen LogP contribution in [-0.4, -0.2) is 37.4 Å². The Morgan fingerprint density at radius 3 is 2.62 bits per heavy atom. The monoisotopic (exact) mass is 458 g/mol. The van der Waals surface area contributed by atoms with Crippen LogP contribution in [0.5, 0.6) is 5.75 Å². The molecular formula is C17H16ClIN2O3. The summed E-state index contributed by atoms with van der Waals surface area (Å²) in [6.07, 6.45) is 0. The lowest BCUT2D eigenvalue weighted by Crippen LogP contribution is -2.27. The number of anilines is 1. The number of halogens is 2. The number of hydrogen-bond acceptors (Lipinski definition) is 3. The predicted molar refractivity (Wildman–Crippen MR) is 103 cm³/mol. The molecule has 0 fully saturated rings. The van der Waals surface area contributed by atoms with Crippen LogP contribution in [0.3, 0.4) is 0 Å². The third-order valence-electron chi connectivity index (χ3n) is 3.14. The van der Waals surface area contributed by atoms with Gasteiger partial charge in [-0.05, 0) is 59.0 Å². The molecule has 0 heterocycles. The van der Waals surface area contributed by atoms with E-state index in [2.05, 4.69) is 27.9 Å². The van der Waals surface area contributed by atoms with Crippen molar-refractivity contribution in [1.29, 1.82) is 0 Å². The van der Waals surface area contributed by atoms with E-state index in [1.807, 2.05) is 6.07 Å². The predicted octanol–water partition coefficient (Wildman–Crippen LogP) is 3.66. The summed E-state index contributed by atoms with van der Waals surface area (Å²) >= 11 is 8.27. The molecule has 7 heteroatoms. The van der Waals surface area contributed by atoms with Gasteiger partial charge in [0.2, 0.25) is 0 Å². The van der Waals surface area contributed by atoms with Crippen molar-refractivity contribution in [3.05, 3.63) is 56.6 Å². The fraction of sp³-hybridized carbons (Fsp3) is 0.176. The number of amides is 2. The molecule has 2 amide bonds. The van der Waals surface area contributed by atoms with Crippen LogP contribution in [0.15, 0.2) is 42.5 Å². The average Bonchev–Trinajstić information content (AvgIpc) is 2.55. The summed E-state index contributed by atoms with van der Waals surface area (Å²) in [6, 6.07) is 12.0. The molecule has 0 aliphatic heterocycles. The molecule has 0 saturated carbocycles. The van der Waals surface area contributed by atoms with E-state index in [1.54, 1.807) is 50.5 Å². The molecule has 126 valence electrons. The van der Waals surface area contributed by atoms with Crippen molar-refractivity contribution in [1.82, 2.24) is 4.90 Å². The van der Waals surface area contributed by atoms with Crippen LogP contribution in [-0.2, 0) is 4.79 Å². The fourth-order valence-electron chi connectivity index (χ4n) is 1.79. The first-order valence-corrected chi connectivity index (χ1v) is 8.52. The molecule has 5 nitrogen and oxygen atoms in total. The Labute approximate surface area is 159 Å². The quantitative estimate of drug-likeness (QED) is 0.696. The summed E-state index contributed by atoms with van der Waals surface area (Å²) in [5.74, 6) is -0.00965. The number of benzene rings is 2. The van der Waals surface area contributed by atoms with Crippen molar-refractivity contribution in [2.45, 2.75) is 0 Å². The van der Waals surface area contributed by atoms with Crippen LogP contribution in [0, 0.1) is 3.57 Å². The molecule has 0 unspecified atom stereocenters. The maximum absolute atomic E-state index is 12.3. The summed E-state index contributed by atoms with van der Waals surface area (Å²) in [5.41, 5.74) is 0.954. The highest BCUT2D eigenvalue weighted by molar-refractivity contribution is 14.1. The zero-order valence-corrected chi connectivity index (χ0v) is 16.1. The molecule has 0 spiro atoms. The molecule has 2 aromatic carbocycles. The van der Waals surface area contributed by atoms with Crippen molar-refractivity contribution >= 4 is 51.7 Å². The lowest BCUT2D eigenvalue weighted by molar-refractivity contribution is -0.130. The molecule has 0 aliphatic rings. The molecule has 24 heavy (non-hydrogen) atoms. The number of rotatable bonds is 5. The standard InChI is InChI=1S/C17H16ClIN2O3/c1-21(2)16(22)10-24-13-5-3-4-11(8-13)17(23)20-15-7-6-12(19)9-14(15)18/h3-9H,10H2,1-2H3,(H,20,23). The van der Waals surface area contributed by atoms with E-state index in [0.717, 1.165) is 3.57 Å². The van der Waals surface area contributed by atoms with Gasteiger partial charge >= 0.3 is 0 Å². The third kappa shape index (κ3) is 5.10. The van der Waals surface area contributed by atoms with Gasteiger partial charge in [0.15, 0.2) is 6.61 Å². The maximum Gasteiger partial charge on any atom is 0.259 e. The normalized spacial score (nSPS) is 10.2. The van der Waals surface area contributed by atoms with Crippen LogP contribution < -0.4 is 10.1 Å². The molecule has 1 N–H and O–H groups in total. The van der Waals surface area contributed by atoms with Gasteiger partial charge in [-0.3, -0.25) is 9.59 Å². The fourth-order valence-corrected chi connectivity index (χ4v) is 2.69. The molecular weight excluding hydrogens is 443 g/mol. The summed E-state index contributed by atoms with van der Waals surface area (Å²) in [4.78, 5) is 25.3. The smallest absolute Gasteiger partial charge is 0.259 e. The second-order valence-corrected chi connectivity index (χ2v) is 6.84. The zero-order chi connectivity index (χ0) is 17.7. The summed E-state index contributed by atoms with van der Waals surface area (Å²) in [7, 11) is 3.31. The Hall–Kier alpha value is -1.80. The minimum Gasteiger partial charge on any atom is -0.484 e. The topological polar surface area (TPSA) is 58.6 Å². The Kier molecular flexibility index (Phi) is 6.44. The summed E-state index contributed by atoms with van der Waals surface area (Å²) in [6.45, 7) is -0.0823. The summed E-state index contributed by atoms with van der Waals surface area (Å²) in [5, 5.41) is 3.23. The number of likely N-dealkylation sites (N-methyl/N-ethyl adjacent to an activating group) is 1. The van der Waals surface area contributed by atoms with E-state index in [-0.39, 0.29) is 18.4 Å². The lowest BCUT2D eigenvalue weighted by atomic mass is 10.2. The third-order valence-corrected chi connectivity index (χ3v) is 4.12. The molecule has 0 radical (unpaired) electrons. The van der Waals surface area contributed by atoms with Gasteiger partial charge in [-0.15, -0.1) is 0 Å². The van der Waals surface area contributed by atoms with Crippen LogP contribution in [0.25, 0.3) is 0 Å². The molecule has 2 rings (SSSR count). The van der Waals surface area contributed by atoms with Gasteiger partial charge in [-0.1, -0.05) is 17.7 Å². The van der Waals surface area contributed by atoms with Gasteiger partial charge in [0.25, 0.3) is 11.8 Å². The van der Waals surface area contributed by atoms with E-state index in [9.17, 15) is 9.59 Å². The minimum atomic E-state index is -0.303. The second kappa shape index (κ2) is 8.34. The van der Waals surface area contributed by atoms with Crippen molar-refractivity contribution in [3.63, 3.8) is 0 Å². The van der Waals surface area contributed by atoms with E-state index in [1.165, 1.54) is 4.90 Å². The zero-order valence-electron chi connectivity index (χ0n) is 13.2. The number of nitrogens with zero attached hydrogens (tertiary/aromatic N) is 1. The Morgan fingerprint density at radius 2 is 1.96 bits per heavy atom. The van der Waals surface area contributed by atoms with E-state index >= 15 is 0 Å². The van der Waals surface area contributed by atoms with E-state index in [0.29, 0.717) is 22.0 Å². The van der Waals surface area contributed by atoms with Gasteiger partial charge in [0, 0.05) is 23.2 Å². The molecule has 0 bridgehead atoms. The lowest BCUT2D eigenvalue weighted by Gasteiger charge is -2.12. The largest absolute Gasteiger partial charge is 0.484 e. The number of carbonyl (C=O) groups excluding carboxylic acids is 2. The first kappa shape index (κ1) is 18.5. The number of ether oxygens (including phenoxy) is 1. The van der Waals surface area contributed by atoms with Gasteiger partial charge in [-0.25, -0.2) is 0 Å². The van der Waals surface area contributed by atoms with Crippen molar-refractivity contribution in [3.8, 4) is 5.75 Å². The minimum absolute atomic E-state index is 0.0823. The van der Waals surface area contributed by atoms with Gasteiger partial charge in [0.1, 0.15) is 5.75 Å². The summed E-state index contributed by atoms with van der Waals surface area (Å²) < 4.78 is 6.39. The average molecular weight is 459 g/mol. The van der Waals surface area contributed by atoms with E-state index < -0.39 is 0 Å². The Bertz CT molecular complexity index is 765. The highest BCUT2D eigenvalue weighted by atomic mass is 127. The Morgan fingerprint density at radius 1 is 1.21 bits per heavy atom. The van der Waals surface area contributed by atoms with Gasteiger partial charge in [0.05, 0.1) is 10.7 Å². The molecule has 0 atom stereocenters. The van der Waals surface area contributed by atoms with Crippen LogP contribution in [0.4, 0.5) is 5.69 Å².